The molecule has 1 saturated heterocycles. The van der Waals surface area contributed by atoms with Gasteiger partial charge in [0.2, 0.25) is 0 Å². The first-order chi connectivity index (χ1) is 6.52. The summed E-state index contributed by atoms with van der Waals surface area (Å²) >= 11 is 0. The minimum atomic E-state index is -1.04. The highest BCUT2D eigenvalue weighted by molar-refractivity contribution is 4.84. The molecule has 0 aromatic carbocycles. The Labute approximate surface area is 86.5 Å². The number of ether oxygens (including phenoxy) is 1. The van der Waals surface area contributed by atoms with E-state index in [9.17, 15) is 10.2 Å². The molecule has 0 saturated carbocycles. The molecule has 1 heterocycles. The highest BCUT2D eigenvalue weighted by Crippen LogP contribution is 2.21. The zero-order chi connectivity index (χ0) is 11.3. The summed E-state index contributed by atoms with van der Waals surface area (Å²) < 4.78 is 5.06. The molecule has 1 rings (SSSR count). The lowest BCUT2D eigenvalue weighted by atomic mass is 9.99. The monoisotopic (exact) mass is 205 g/mol. The smallest absolute Gasteiger partial charge is 0.182 e. The van der Waals surface area contributed by atoms with Crippen LogP contribution in [-0.4, -0.2) is 53.7 Å². The number of likely N-dealkylation sites (N-methyl/N-ethyl adjacent to an activating group) is 1. The molecule has 1 fully saturated rings. The van der Waals surface area contributed by atoms with Crippen LogP contribution in [0.3, 0.4) is 0 Å². The number of nitrogens with zero attached hydrogens (tertiary/aromatic N) is 1. The Morgan fingerprint density at radius 1 is 1.21 bits per heavy atom. The predicted molar refractivity (Wildman–Crippen MR) is 56.0 cm³/mol. The van der Waals surface area contributed by atoms with Gasteiger partial charge in [-0.3, -0.25) is 0 Å². The average molecular weight is 205 g/mol. The first-order valence-electron chi connectivity index (χ1n) is 5.20. The van der Waals surface area contributed by atoms with Crippen molar-refractivity contribution in [3.63, 3.8) is 0 Å². The molecule has 0 bridgehead atoms. The standard InChI is InChI=1S/C8H17NO3.C2H6/c1-5-4-6(9(2)3)7(10)8(11)12-5;1-2/h5-8,10-11H,4H2,1-3H3;1-2H3/t5-,6?,7-,8?;/m1./s1. The van der Waals surface area contributed by atoms with E-state index in [-0.39, 0.29) is 12.1 Å². The molecular weight excluding hydrogens is 182 g/mol. The zero-order valence-corrected chi connectivity index (χ0v) is 9.77. The van der Waals surface area contributed by atoms with E-state index in [4.69, 9.17) is 4.74 Å². The molecule has 14 heavy (non-hydrogen) atoms. The van der Waals surface area contributed by atoms with Crippen LogP contribution < -0.4 is 0 Å². The molecule has 0 aromatic rings. The lowest BCUT2D eigenvalue weighted by Gasteiger charge is -2.38. The quantitative estimate of drug-likeness (QED) is 0.652. The SMILES string of the molecule is CC.C[C@@H]1CC(N(C)C)[C@@H](O)C(O)O1. The molecule has 2 N–H and O–H groups in total. The summed E-state index contributed by atoms with van der Waals surface area (Å²) in [5.74, 6) is 0. The molecule has 0 spiro atoms. The van der Waals surface area contributed by atoms with Crippen molar-refractivity contribution in [2.45, 2.75) is 51.7 Å². The molecule has 1 aliphatic heterocycles. The Balaban J connectivity index is 0.000000791. The van der Waals surface area contributed by atoms with Crippen LogP contribution in [-0.2, 0) is 4.74 Å². The van der Waals surface area contributed by atoms with E-state index >= 15 is 0 Å². The maximum Gasteiger partial charge on any atom is 0.182 e. The van der Waals surface area contributed by atoms with Crippen molar-refractivity contribution >= 4 is 0 Å². The maximum atomic E-state index is 9.51. The van der Waals surface area contributed by atoms with Crippen LogP contribution in [0.2, 0.25) is 0 Å². The van der Waals surface area contributed by atoms with Gasteiger partial charge in [0.1, 0.15) is 6.10 Å². The molecule has 0 aliphatic carbocycles. The van der Waals surface area contributed by atoms with E-state index in [1.54, 1.807) is 0 Å². The Bertz CT molecular complexity index is 152. The number of aliphatic hydroxyl groups excluding tert-OH is 2. The van der Waals surface area contributed by atoms with Gasteiger partial charge >= 0.3 is 0 Å². The Kier molecular flexibility index (Phi) is 6.27. The molecule has 0 amide bonds. The van der Waals surface area contributed by atoms with Crippen LogP contribution in [0.1, 0.15) is 27.2 Å². The fourth-order valence-corrected chi connectivity index (χ4v) is 1.56. The summed E-state index contributed by atoms with van der Waals surface area (Å²) in [4.78, 5) is 1.91. The lowest BCUT2D eigenvalue weighted by molar-refractivity contribution is -0.230. The minimum Gasteiger partial charge on any atom is -0.386 e. The number of hydrogen-bond donors (Lipinski definition) is 2. The first-order valence-corrected chi connectivity index (χ1v) is 5.20. The minimum absolute atomic E-state index is 0.01000. The fourth-order valence-electron chi connectivity index (χ4n) is 1.56. The second-order valence-electron chi connectivity index (χ2n) is 3.59. The van der Waals surface area contributed by atoms with Gasteiger partial charge in [-0.25, -0.2) is 0 Å². The van der Waals surface area contributed by atoms with Crippen molar-refractivity contribution in [2.24, 2.45) is 0 Å². The number of aliphatic hydroxyl groups is 2. The van der Waals surface area contributed by atoms with Gasteiger partial charge in [-0.1, -0.05) is 13.8 Å². The van der Waals surface area contributed by atoms with Gasteiger partial charge < -0.3 is 19.8 Å². The lowest BCUT2D eigenvalue weighted by Crippen LogP contribution is -2.53. The van der Waals surface area contributed by atoms with Crippen LogP contribution in [0.5, 0.6) is 0 Å². The topological polar surface area (TPSA) is 52.9 Å². The molecular formula is C10H23NO3. The summed E-state index contributed by atoms with van der Waals surface area (Å²) in [6.07, 6.45) is -1.07. The van der Waals surface area contributed by atoms with Crippen LogP contribution in [0.15, 0.2) is 0 Å². The second kappa shape index (κ2) is 6.35. The molecule has 2 unspecified atom stereocenters. The van der Waals surface area contributed by atoms with E-state index in [0.29, 0.717) is 0 Å². The van der Waals surface area contributed by atoms with Crippen LogP contribution in [0.25, 0.3) is 0 Å². The third-order valence-electron chi connectivity index (χ3n) is 2.29. The molecule has 4 atom stereocenters. The van der Waals surface area contributed by atoms with E-state index in [1.807, 2.05) is 39.8 Å². The molecule has 86 valence electrons. The Morgan fingerprint density at radius 2 is 1.71 bits per heavy atom. The van der Waals surface area contributed by atoms with E-state index in [1.165, 1.54) is 0 Å². The van der Waals surface area contributed by atoms with E-state index < -0.39 is 12.4 Å². The largest absolute Gasteiger partial charge is 0.386 e. The van der Waals surface area contributed by atoms with Crippen molar-refractivity contribution in [3.05, 3.63) is 0 Å². The third-order valence-corrected chi connectivity index (χ3v) is 2.29. The van der Waals surface area contributed by atoms with Crippen LogP contribution in [0, 0.1) is 0 Å². The van der Waals surface area contributed by atoms with Crippen molar-refractivity contribution in [1.82, 2.24) is 4.90 Å². The summed E-state index contributed by atoms with van der Waals surface area (Å²) in [7, 11) is 3.78. The summed E-state index contributed by atoms with van der Waals surface area (Å²) in [5, 5.41) is 18.8. The number of hydrogen-bond acceptors (Lipinski definition) is 4. The van der Waals surface area contributed by atoms with Gasteiger partial charge in [-0.15, -0.1) is 0 Å². The summed E-state index contributed by atoms with van der Waals surface area (Å²) in [5.41, 5.74) is 0. The Morgan fingerprint density at radius 3 is 2.14 bits per heavy atom. The number of rotatable bonds is 1. The second-order valence-corrected chi connectivity index (χ2v) is 3.59. The normalized spacial score (nSPS) is 37.7. The van der Waals surface area contributed by atoms with Crippen molar-refractivity contribution in [1.29, 1.82) is 0 Å². The summed E-state index contributed by atoms with van der Waals surface area (Å²) in [6.45, 7) is 5.89. The zero-order valence-electron chi connectivity index (χ0n) is 9.77. The van der Waals surface area contributed by atoms with Crippen LogP contribution in [0.4, 0.5) is 0 Å². The van der Waals surface area contributed by atoms with Gasteiger partial charge in [-0.05, 0) is 27.4 Å². The third kappa shape index (κ3) is 3.53. The Hall–Kier alpha value is -0.160. The van der Waals surface area contributed by atoms with Gasteiger partial charge in [0.15, 0.2) is 6.29 Å². The van der Waals surface area contributed by atoms with Gasteiger partial charge in [-0.2, -0.15) is 0 Å². The molecule has 1 aliphatic rings. The van der Waals surface area contributed by atoms with Crippen molar-refractivity contribution in [3.8, 4) is 0 Å². The summed E-state index contributed by atoms with van der Waals surface area (Å²) in [6, 6.07) is -0.0104. The van der Waals surface area contributed by atoms with E-state index in [2.05, 4.69) is 0 Å². The van der Waals surface area contributed by atoms with Crippen LogP contribution >= 0.6 is 0 Å². The predicted octanol–water partition coefficient (Wildman–Crippen LogP) is 0.431. The first kappa shape index (κ1) is 13.8. The highest BCUT2D eigenvalue weighted by atomic mass is 16.6. The average Bonchev–Trinajstić information content (AvgIpc) is 2.14. The van der Waals surface area contributed by atoms with Crippen molar-refractivity contribution < 1.29 is 14.9 Å². The molecule has 4 heteroatoms. The van der Waals surface area contributed by atoms with Gasteiger partial charge in [0, 0.05) is 6.04 Å². The van der Waals surface area contributed by atoms with Gasteiger partial charge in [0.25, 0.3) is 0 Å². The highest BCUT2D eigenvalue weighted by Gasteiger charge is 2.35. The molecule has 0 aromatic heterocycles. The molecule has 4 nitrogen and oxygen atoms in total. The maximum absolute atomic E-state index is 9.51. The van der Waals surface area contributed by atoms with Crippen molar-refractivity contribution in [2.75, 3.05) is 14.1 Å². The van der Waals surface area contributed by atoms with E-state index in [0.717, 1.165) is 6.42 Å². The fraction of sp³-hybridized carbons (Fsp3) is 1.00. The molecule has 0 radical (unpaired) electrons. The van der Waals surface area contributed by atoms with Gasteiger partial charge in [0.05, 0.1) is 6.10 Å².